The van der Waals surface area contributed by atoms with Gasteiger partial charge in [0.1, 0.15) is 24.7 Å². The smallest absolute Gasteiger partial charge is 0.254 e. The van der Waals surface area contributed by atoms with Crippen molar-refractivity contribution in [2.24, 2.45) is 0 Å². The maximum atomic E-state index is 13.7. The van der Waals surface area contributed by atoms with Gasteiger partial charge in [0, 0.05) is 31.6 Å². The van der Waals surface area contributed by atoms with Crippen LogP contribution in [-0.2, 0) is 17.7 Å². The molecule has 0 radical (unpaired) electrons. The number of carbonyl (C=O) groups excluding carboxylic acids is 1. The van der Waals surface area contributed by atoms with E-state index in [4.69, 9.17) is 14.2 Å². The highest BCUT2D eigenvalue weighted by Crippen LogP contribution is 2.23. The lowest BCUT2D eigenvalue weighted by atomic mass is 10.0. The minimum atomic E-state index is -0.0193. The van der Waals surface area contributed by atoms with E-state index in [0.717, 1.165) is 48.7 Å². The predicted molar refractivity (Wildman–Crippen MR) is 149 cm³/mol. The van der Waals surface area contributed by atoms with Crippen molar-refractivity contribution < 1.29 is 19.0 Å². The third-order valence-corrected chi connectivity index (χ3v) is 7.22. The number of piperidine rings is 1. The summed E-state index contributed by atoms with van der Waals surface area (Å²) in [7, 11) is 0. The number of carbonyl (C=O) groups is 1. The summed E-state index contributed by atoms with van der Waals surface area (Å²) in [4.78, 5) is 18.0. The zero-order valence-electron chi connectivity index (χ0n) is 22.1. The van der Waals surface area contributed by atoms with Crippen LogP contribution in [-0.4, -0.2) is 68.3 Å². The first-order valence-corrected chi connectivity index (χ1v) is 13.9. The molecule has 0 atom stereocenters. The largest absolute Gasteiger partial charge is 0.492 e. The monoisotopic (exact) mass is 514 g/mol. The van der Waals surface area contributed by atoms with E-state index >= 15 is 0 Å². The Bertz CT molecular complexity index is 1190. The van der Waals surface area contributed by atoms with Gasteiger partial charge >= 0.3 is 0 Å². The normalized spacial score (nSPS) is 17.1. The van der Waals surface area contributed by atoms with Crippen LogP contribution < -0.4 is 9.47 Å². The summed E-state index contributed by atoms with van der Waals surface area (Å²) in [6, 6.07) is 24.2. The van der Waals surface area contributed by atoms with E-state index in [1.54, 1.807) is 0 Å². The van der Waals surface area contributed by atoms with Gasteiger partial charge in [0.2, 0.25) is 0 Å². The van der Waals surface area contributed by atoms with Gasteiger partial charge in [-0.15, -0.1) is 0 Å². The third-order valence-electron chi connectivity index (χ3n) is 7.22. The summed E-state index contributed by atoms with van der Waals surface area (Å²) in [6.07, 6.45) is 4.64. The molecular weight excluding hydrogens is 476 g/mol. The van der Waals surface area contributed by atoms with Gasteiger partial charge in [-0.2, -0.15) is 0 Å². The molecule has 5 rings (SSSR count). The average Bonchev–Trinajstić information content (AvgIpc) is 2.95. The molecule has 0 spiro atoms. The molecule has 1 amide bonds. The molecule has 3 aromatic carbocycles. The molecule has 6 nitrogen and oxygen atoms in total. The van der Waals surface area contributed by atoms with Crippen LogP contribution in [0.2, 0.25) is 0 Å². The van der Waals surface area contributed by atoms with Crippen molar-refractivity contribution in [3.05, 3.63) is 95.1 Å². The first kappa shape index (κ1) is 26.3. The second-order valence-electron chi connectivity index (χ2n) is 10.1. The predicted octanol–water partition coefficient (Wildman–Crippen LogP) is 5.19. The van der Waals surface area contributed by atoms with E-state index in [1.165, 1.54) is 24.8 Å². The fourth-order valence-corrected chi connectivity index (χ4v) is 5.19. The Hall–Kier alpha value is -3.35. The van der Waals surface area contributed by atoms with Crippen LogP contribution in [0.4, 0.5) is 0 Å². The van der Waals surface area contributed by atoms with Crippen LogP contribution in [0.3, 0.4) is 0 Å². The molecule has 2 bridgehead atoms. The van der Waals surface area contributed by atoms with E-state index in [0.29, 0.717) is 45.1 Å². The second-order valence-corrected chi connectivity index (χ2v) is 10.1. The van der Waals surface area contributed by atoms with Gasteiger partial charge in [0.15, 0.2) is 0 Å². The SMILES string of the molecule is O=C(c1cccc(OCCN2CCCCC2)c1)N1CCOCCOc2ccccc2Cc2cccc(c2)C1. The van der Waals surface area contributed by atoms with Crippen LogP contribution >= 0.6 is 0 Å². The standard InChI is InChI=1S/C32H38N2O4/c35-32(29-11-7-12-30(24-29)37-19-16-33-14-4-1-5-15-33)34-17-18-36-20-21-38-31-13-3-2-10-28(31)23-26-8-6-9-27(22-26)25-34/h2-3,6-13,22,24H,1,4-5,14-21,23,25H2. The topological polar surface area (TPSA) is 51.2 Å². The van der Waals surface area contributed by atoms with Crippen molar-refractivity contribution in [3.63, 3.8) is 0 Å². The number of amides is 1. The van der Waals surface area contributed by atoms with Crippen LogP contribution in [0.1, 0.15) is 46.3 Å². The molecule has 2 aliphatic rings. The molecule has 0 N–H and O–H groups in total. The molecule has 38 heavy (non-hydrogen) atoms. The Labute approximate surface area is 226 Å². The summed E-state index contributed by atoms with van der Waals surface area (Å²) >= 11 is 0. The van der Waals surface area contributed by atoms with Gasteiger partial charge in [0.25, 0.3) is 5.91 Å². The summed E-state index contributed by atoms with van der Waals surface area (Å²) in [6.45, 7) is 6.27. The fraction of sp³-hybridized carbons (Fsp3) is 0.406. The van der Waals surface area contributed by atoms with Gasteiger partial charge in [-0.1, -0.05) is 55.0 Å². The molecule has 1 fully saturated rings. The molecule has 2 heterocycles. The zero-order chi connectivity index (χ0) is 26.0. The Morgan fingerprint density at radius 3 is 2.58 bits per heavy atom. The van der Waals surface area contributed by atoms with E-state index in [-0.39, 0.29) is 5.91 Å². The molecule has 3 aromatic rings. The number of para-hydroxylation sites is 1. The van der Waals surface area contributed by atoms with Crippen molar-refractivity contribution >= 4 is 5.91 Å². The number of rotatable bonds is 5. The molecule has 200 valence electrons. The van der Waals surface area contributed by atoms with Gasteiger partial charge < -0.3 is 19.1 Å². The van der Waals surface area contributed by atoms with Crippen molar-refractivity contribution in [3.8, 4) is 11.5 Å². The van der Waals surface area contributed by atoms with Gasteiger partial charge in [0.05, 0.1) is 13.2 Å². The van der Waals surface area contributed by atoms with Crippen LogP contribution in [0.5, 0.6) is 11.5 Å². The average molecular weight is 515 g/mol. The van der Waals surface area contributed by atoms with Crippen LogP contribution in [0.25, 0.3) is 0 Å². The van der Waals surface area contributed by atoms with Crippen LogP contribution in [0, 0.1) is 0 Å². The molecule has 0 aromatic heterocycles. The van der Waals surface area contributed by atoms with E-state index in [1.807, 2.05) is 47.4 Å². The van der Waals surface area contributed by atoms with Gasteiger partial charge in [-0.05, 0) is 66.9 Å². The Morgan fingerprint density at radius 1 is 0.816 bits per heavy atom. The number of nitrogens with zero attached hydrogens (tertiary/aromatic N) is 2. The maximum absolute atomic E-state index is 13.7. The first-order chi connectivity index (χ1) is 18.7. The Kier molecular flexibility index (Phi) is 9.29. The molecular formula is C32H38N2O4. The van der Waals surface area contributed by atoms with E-state index in [2.05, 4.69) is 35.2 Å². The van der Waals surface area contributed by atoms with Crippen LogP contribution in [0.15, 0.2) is 72.8 Å². The number of fused-ring (bicyclic) bond motifs is 3. The van der Waals surface area contributed by atoms with E-state index in [9.17, 15) is 4.79 Å². The quantitative estimate of drug-likeness (QED) is 0.469. The highest BCUT2D eigenvalue weighted by molar-refractivity contribution is 5.94. The summed E-state index contributed by atoms with van der Waals surface area (Å²) in [5.41, 5.74) is 4.07. The summed E-state index contributed by atoms with van der Waals surface area (Å²) in [5, 5.41) is 0. The molecule has 2 aliphatic heterocycles. The molecule has 0 saturated carbocycles. The van der Waals surface area contributed by atoms with Gasteiger partial charge in [-0.3, -0.25) is 9.69 Å². The van der Waals surface area contributed by atoms with Crippen molar-refractivity contribution in [1.29, 1.82) is 0 Å². The Balaban J connectivity index is 1.28. The first-order valence-electron chi connectivity index (χ1n) is 13.9. The minimum Gasteiger partial charge on any atom is -0.492 e. The lowest BCUT2D eigenvalue weighted by molar-refractivity contribution is 0.0571. The minimum absolute atomic E-state index is 0.0193. The van der Waals surface area contributed by atoms with Crippen molar-refractivity contribution in [1.82, 2.24) is 9.80 Å². The lowest BCUT2D eigenvalue weighted by Crippen LogP contribution is -2.34. The number of hydrogen-bond donors (Lipinski definition) is 0. The molecule has 0 aliphatic carbocycles. The van der Waals surface area contributed by atoms with Gasteiger partial charge in [-0.25, -0.2) is 0 Å². The number of ether oxygens (including phenoxy) is 3. The molecule has 1 saturated heterocycles. The fourth-order valence-electron chi connectivity index (χ4n) is 5.19. The second kappa shape index (κ2) is 13.4. The van der Waals surface area contributed by atoms with Crippen molar-refractivity contribution in [2.45, 2.75) is 32.2 Å². The lowest BCUT2D eigenvalue weighted by Gasteiger charge is -2.26. The zero-order valence-corrected chi connectivity index (χ0v) is 22.1. The summed E-state index contributed by atoms with van der Waals surface area (Å²) in [5.74, 6) is 1.62. The third kappa shape index (κ3) is 7.36. The number of benzene rings is 3. The maximum Gasteiger partial charge on any atom is 0.254 e. The Morgan fingerprint density at radius 2 is 1.66 bits per heavy atom. The molecule has 0 unspecified atom stereocenters. The van der Waals surface area contributed by atoms with Crippen molar-refractivity contribution in [2.75, 3.05) is 52.6 Å². The highest BCUT2D eigenvalue weighted by Gasteiger charge is 2.18. The van der Waals surface area contributed by atoms with E-state index < -0.39 is 0 Å². The number of hydrogen-bond acceptors (Lipinski definition) is 5. The molecule has 6 heteroatoms. The number of likely N-dealkylation sites (tertiary alicyclic amines) is 1. The summed E-state index contributed by atoms with van der Waals surface area (Å²) < 4.78 is 17.9. The highest BCUT2D eigenvalue weighted by atomic mass is 16.5.